The van der Waals surface area contributed by atoms with Gasteiger partial charge in [0.15, 0.2) is 5.69 Å². The van der Waals surface area contributed by atoms with E-state index in [0.717, 1.165) is 17.3 Å². The minimum Gasteiger partial charge on any atom is -0.444 e. The summed E-state index contributed by atoms with van der Waals surface area (Å²) in [5.74, 6) is -1.95. The molecule has 1 aliphatic heterocycles. The summed E-state index contributed by atoms with van der Waals surface area (Å²) in [7, 11) is 3.32. The average Bonchev–Trinajstić information content (AvgIpc) is 3.97. The van der Waals surface area contributed by atoms with Crippen LogP contribution in [0.3, 0.4) is 0 Å². The largest absolute Gasteiger partial charge is 0.444 e. The molecule has 330 valence electrons. The van der Waals surface area contributed by atoms with Crippen LogP contribution < -0.4 is 27.0 Å². The summed E-state index contributed by atoms with van der Waals surface area (Å²) in [6, 6.07) is 9.19. The smallest absolute Gasteiger partial charge is 0.405 e. The second kappa shape index (κ2) is 19.2. The van der Waals surface area contributed by atoms with E-state index in [1.165, 1.54) is 44.5 Å². The predicted molar refractivity (Wildman–Crippen MR) is 220 cm³/mol. The van der Waals surface area contributed by atoms with Crippen molar-refractivity contribution in [1.29, 1.82) is 0 Å². The van der Waals surface area contributed by atoms with Crippen LogP contribution in [0, 0.1) is 0 Å². The number of hydrogen-bond donors (Lipinski definition) is 4. The summed E-state index contributed by atoms with van der Waals surface area (Å²) in [5, 5.41) is 14.4. The normalized spacial score (nSPS) is 14.2. The van der Waals surface area contributed by atoms with E-state index in [2.05, 4.69) is 41.3 Å². The van der Waals surface area contributed by atoms with Crippen molar-refractivity contribution in [1.82, 2.24) is 44.5 Å². The molecule has 6 aromatic rings. The van der Waals surface area contributed by atoms with Crippen molar-refractivity contribution >= 4 is 46.2 Å². The van der Waals surface area contributed by atoms with Gasteiger partial charge in [0.05, 0.1) is 42.1 Å². The van der Waals surface area contributed by atoms with Gasteiger partial charge in [0.1, 0.15) is 30.4 Å². The molecule has 1 saturated heterocycles. The molecule has 1 unspecified atom stereocenters. The number of pyridine rings is 2. The molecule has 6 heterocycles. The minimum atomic E-state index is -4.44. The van der Waals surface area contributed by atoms with Crippen LogP contribution in [0.15, 0.2) is 76.7 Å². The molecule has 0 bridgehead atoms. The standard InChI is InChI=1S/C41H42F3N11O8/c1-53-21-28(49-37(58)29-22-63-39(50-29)25-10-11-46-32(18-25)48-23-41(42,43)44)34(52-53)26-17-27(20-45-19-26)36(57)47-12-14-62-16-15-61-13-4-6-24-5-3-7-30-35(24)54(2)40(60)55(30)31-8-9-33(56)51-38(31)59/h3,5,7,10-11,17-22,31H,4,6,8-9,12-16,23H2,1-2H3,(H,46,48)(H,47,57)(H,49,58)(H,51,56,59). The lowest BCUT2D eigenvalue weighted by atomic mass is 10.0. The van der Waals surface area contributed by atoms with Crippen LogP contribution in [0.4, 0.5) is 24.7 Å². The van der Waals surface area contributed by atoms with E-state index < -0.39 is 36.5 Å². The second-order valence-corrected chi connectivity index (χ2v) is 14.5. The second-order valence-electron chi connectivity index (χ2n) is 14.5. The van der Waals surface area contributed by atoms with Crippen LogP contribution in [-0.4, -0.2) is 103 Å². The zero-order valence-electron chi connectivity index (χ0n) is 34.0. The van der Waals surface area contributed by atoms with Gasteiger partial charge in [0, 0.05) is 69.6 Å². The molecule has 1 fully saturated rings. The van der Waals surface area contributed by atoms with E-state index in [-0.39, 0.29) is 66.2 Å². The van der Waals surface area contributed by atoms with Crippen molar-refractivity contribution < 1.29 is 46.2 Å². The zero-order chi connectivity index (χ0) is 44.7. The van der Waals surface area contributed by atoms with Gasteiger partial charge in [-0.1, -0.05) is 12.1 Å². The first-order valence-electron chi connectivity index (χ1n) is 19.7. The van der Waals surface area contributed by atoms with E-state index in [0.29, 0.717) is 55.0 Å². The maximum absolute atomic E-state index is 13.2. The highest BCUT2D eigenvalue weighted by atomic mass is 19.4. The van der Waals surface area contributed by atoms with Gasteiger partial charge in [-0.05, 0) is 49.1 Å². The van der Waals surface area contributed by atoms with Crippen LogP contribution in [-0.2, 0) is 39.6 Å². The number of imidazole rings is 1. The van der Waals surface area contributed by atoms with Crippen LogP contribution >= 0.6 is 0 Å². The number of alkyl halides is 3. The van der Waals surface area contributed by atoms with Gasteiger partial charge >= 0.3 is 11.9 Å². The number of imide groups is 1. The first-order valence-corrected chi connectivity index (χ1v) is 19.7. The molecule has 63 heavy (non-hydrogen) atoms. The van der Waals surface area contributed by atoms with Crippen LogP contribution in [0.1, 0.15) is 51.7 Å². The van der Waals surface area contributed by atoms with E-state index in [1.807, 2.05) is 12.1 Å². The predicted octanol–water partition coefficient (Wildman–Crippen LogP) is 3.79. The number of benzene rings is 1. The number of rotatable bonds is 18. The maximum atomic E-state index is 13.2. The minimum absolute atomic E-state index is 0.0117. The van der Waals surface area contributed by atoms with E-state index >= 15 is 0 Å². The molecule has 7 rings (SSSR count). The maximum Gasteiger partial charge on any atom is 0.405 e. The van der Waals surface area contributed by atoms with Crippen LogP contribution in [0.25, 0.3) is 33.7 Å². The molecule has 1 atom stereocenters. The quantitative estimate of drug-likeness (QED) is 0.0713. The Morgan fingerprint density at radius 3 is 2.60 bits per heavy atom. The molecule has 0 spiro atoms. The fourth-order valence-corrected chi connectivity index (χ4v) is 7.01. The molecule has 0 aliphatic carbocycles. The van der Waals surface area contributed by atoms with Crippen molar-refractivity contribution in [3.05, 3.63) is 94.8 Å². The molecule has 19 nitrogen and oxygen atoms in total. The van der Waals surface area contributed by atoms with Gasteiger partial charge in [0.2, 0.25) is 17.7 Å². The lowest BCUT2D eigenvalue weighted by molar-refractivity contribution is -0.135. The monoisotopic (exact) mass is 873 g/mol. The number of hydrogen-bond acceptors (Lipinski definition) is 13. The van der Waals surface area contributed by atoms with Gasteiger partial charge in [-0.25, -0.2) is 14.8 Å². The molecule has 4 amide bonds. The van der Waals surface area contributed by atoms with E-state index in [1.54, 1.807) is 32.4 Å². The topological polar surface area (TPSA) is 231 Å². The van der Waals surface area contributed by atoms with Gasteiger partial charge in [-0.3, -0.25) is 43.3 Å². The number of aromatic nitrogens is 7. The average molecular weight is 874 g/mol. The van der Waals surface area contributed by atoms with Gasteiger partial charge in [0.25, 0.3) is 11.8 Å². The molecule has 1 aromatic carbocycles. The number of carbonyl (C=O) groups excluding carboxylic acids is 4. The number of nitrogens with zero attached hydrogens (tertiary/aromatic N) is 7. The number of nitrogens with one attached hydrogen (secondary N) is 4. The molecule has 5 aromatic heterocycles. The number of para-hydroxylation sites is 1. The first-order chi connectivity index (χ1) is 30.3. The number of fused-ring (bicyclic) bond motifs is 1. The summed E-state index contributed by atoms with van der Waals surface area (Å²) in [6.07, 6.45) is 4.11. The van der Waals surface area contributed by atoms with Crippen molar-refractivity contribution in [2.45, 2.75) is 37.9 Å². The third-order valence-corrected chi connectivity index (χ3v) is 9.91. The Labute approximate surface area is 356 Å². The van der Waals surface area contributed by atoms with Gasteiger partial charge in [-0.15, -0.1) is 0 Å². The summed E-state index contributed by atoms with van der Waals surface area (Å²) in [5.41, 5.74) is 3.47. The zero-order valence-corrected chi connectivity index (χ0v) is 34.0. The lowest BCUT2D eigenvalue weighted by Crippen LogP contribution is -2.44. The summed E-state index contributed by atoms with van der Waals surface area (Å²) in [4.78, 5) is 75.8. The Hall–Kier alpha value is -7.20. The van der Waals surface area contributed by atoms with Crippen LogP contribution in [0.2, 0.25) is 0 Å². The van der Waals surface area contributed by atoms with Gasteiger partial charge in [-0.2, -0.15) is 18.3 Å². The lowest BCUT2D eigenvalue weighted by Gasteiger charge is -2.21. The van der Waals surface area contributed by atoms with E-state index in [4.69, 9.17) is 13.9 Å². The Morgan fingerprint density at radius 2 is 1.81 bits per heavy atom. The highest BCUT2D eigenvalue weighted by molar-refractivity contribution is 6.05. The molecule has 22 heteroatoms. The molecule has 0 radical (unpaired) electrons. The summed E-state index contributed by atoms with van der Waals surface area (Å²) >= 11 is 0. The number of oxazole rings is 1. The summed E-state index contributed by atoms with van der Waals surface area (Å²) < 4.78 is 59.2. The number of amides is 4. The Bertz CT molecular complexity index is 2710. The number of piperidine rings is 1. The van der Waals surface area contributed by atoms with Crippen molar-refractivity contribution in [2.75, 3.05) is 50.2 Å². The third-order valence-electron chi connectivity index (χ3n) is 9.91. The van der Waals surface area contributed by atoms with Crippen LogP contribution in [0.5, 0.6) is 0 Å². The number of halogens is 3. The number of anilines is 2. The Kier molecular flexibility index (Phi) is 13.4. The van der Waals surface area contributed by atoms with E-state index in [9.17, 15) is 37.1 Å². The fourth-order valence-electron chi connectivity index (χ4n) is 7.01. The SMILES string of the molecule is Cn1cc(NC(=O)c2coc(-c3ccnc(NCC(F)(F)F)c3)n2)c(-c2cncc(C(=O)NCCOCCOCCCc3cccc4c3n(C)c(=O)n4C3CCC(=O)NC3=O)c2)n1. The molecular weight excluding hydrogens is 832 g/mol. The van der Waals surface area contributed by atoms with Crippen molar-refractivity contribution in [2.24, 2.45) is 14.1 Å². The highest BCUT2D eigenvalue weighted by Crippen LogP contribution is 2.29. The molecule has 4 N–H and O–H groups in total. The van der Waals surface area contributed by atoms with Crippen molar-refractivity contribution in [3.8, 4) is 22.7 Å². The van der Waals surface area contributed by atoms with Gasteiger partial charge < -0.3 is 29.8 Å². The Balaban J connectivity index is 0.841. The number of aryl methyl sites for hydroxylation is 3. The summed E-state index contributed by atoms with van der Waals surface area (Å²) in [6.45, 7) is 0.210. The molecule has 0 saturated carbocycles. The highest BCUT2D eigenvalue weighted by Gasteiger charge is 2.32. The first kappa shape index (κ1) is 43.9. The molecule has 1 aliphatic rings. The number of carbonyl (C=O) groups is 4. The molecular formula is C41H42F3N11O8. The fraction of sp³-hybridized carbons (Fsp3) is 0.341. The van der Waals surface area contributed by atoms with Crippen molar-refractivity contribution in [3.63, 3.8) is 0 Å². The Morgan fingerprint density at radius 1 is 1.00 bits per heavy atom. The third kappa shape index (κ3) is 10.6. The number of ether oxygens (including phenoxy) is 2.